The van der Waals surface area contributed by atoms with Crippen molar-refractivity contribution >= 4 is 11.5 Å². The van der Waals surface area contributed by atoms with Crippen LogP contribution in [0, 0.1) is 5.82 Å². The first kappa shape index (κ1) is 11.4. The molecule has 1 heterocycles. The average molecular weight is 232 g/mol. The van der Waals surface area contributed by atoms with Crippen LogP contribution in [-0.4, -0.2) is 10.4 Å². The summed E-state index contributed by atoms with van der Waals surface area (Å²) in [5.74, 6) is -0.314. The van der Waals surface area contributed by atoms with Gasteiger partial charge in [-0.05, 0) is 24.6 Å². The Bertz CT molecular complexity index is 543. The number of nitrogen functional groups attached to an aromatic ring is 1. The largest absolute Gasteiger partial charge is 0.397 e. The number of aromatic nitrogens is 1. The lowest BCUT2D eigenvalue weighted by atomic mass is 10.2. The summed E-state index contributed by atoms with van der Waals surface area (Å²) in [5, 5.41) is 0. The lowest BCUT2D eigenvalue weighted by Gasteiger charge is -2.02. The van der Waals surface area contributed by atoms with Gasteiger partial charge in [-0.15, -0.1) is 0 Å². The van der Waals surface area contributed by atoms with E-state index in [1.165, 1.54) is 19.1 Å². The second kappa shape index (κ2) is 4.41. The lowest BCUT2D eigenvalue weighted by molar-refractivity contribution is 0.101. The van der Waals surface area contributed by atoms with Gasteiger partial charge < -0.3 is 10.3 Å². The van der Waals surface area contributed by atoms with Crippen LogP contribution in [0.5, 0.6) is 0 Å². The molecule has 0 aliphatic carbocycles. The van der Waals surface area contributed by atoms with E-state index in [0.717, 1.165) is 5.56 Å². The first-order valence-electron chi connectivity index (χ1n) is 5.27. The first-order chi connectivity index (χ1) is 8.06. The van der Waals surface area contributed by atoms with Gasteiger partial charge >= 0.3 is 0 Å². The predicted octanol–water partition coefficient (Wildman–Crippen LogP) is 2.46. The van der Waals surface area contributed by atoms with E-state index in [4.69, 9.17) is 5.73 Å². The fraction of sp³-hybridized carbons (Fsp3) is 0.154. The molecule has 0 fully saturated rings. The van der Waals surface area contributed by atoms with E-state index in [0.29, 0.717) is 17.8 Å². The van der Waals surface area contributed by atoms with Crippen molar-refractivity contribution in [1.29, 1.82) is 0 Å². The van der Waals surface area contributed by atoms with Gasteiger partial charge in [-0.1, -0.05) is 12.1 Å². The van der Waals surface area contributed by atoms with Crippen molar-refractivity contribution in [3.05, 3.63) is 53.6 Å². The molecule has 0 unspecified atom stereocenters. The van der Waals surface area contributed by atoms with Crippen LogP contribution in [0.4, 0.5) is 10.1 Å². The molecule has 3 nitrogen and oxygen atoms in total. The number of ketones is 1. The van der Waals surface area contributed by atoms with Gasteiger partial charge in [0.2, 0.25) is 0 Å². The third-order valence-electron chi connectivity index (χ3n) is 2.57. The van der Waals surface area contributed by atoms with Gasteiger partial charge in [-0.2, -0.15) is 0 Å². The molecule has 88 valence electrons. The van der Waals surface area contributed by atoms with Crippen molar-refractivity contribution in [2.24, 2.45) is 0 Å². The Morgan fingerprint density at radius 1 is 1.29 bits per heavy atom. The third-order valence-corrected chi connectivity index (χ3v) is 2.57. The molecule has 1 aromatic heterocycles. The molecule has 2 rings (SSSR count). The van der Waals surface area contributed by atoms with Gasteiger partial charge in [0.1, 0.15) is 5.82 Å². The fourth-order valence-electron chi connectivity index (χ4n) is 1.71. The fourth-order valence-corrected chi connectivity index (χ4v) is 1.71. The zero-order chi connectivity index (χ0) is 12.4. The van der Waals surface area contributed by atoms with Crippen LogP contribution in [-0.2, 0) is 6.54 Å². The van der Waals surface area contributed by atoms with E-state index >= 15 is 0 Å². The van der Waals surface area contributed by atoms with E-state index in [1.807, 2.05) is 4.57 Å². The Morgan fingerprint density at radius 3 is 2.47 bits per heavy atom. The molecule has 1 aromatic carbocycles. The number of nitrogens with zero attached hydrogens (tertiary/aromatic N) is 1. The number of benzene rings is 1. The van der Waals surface area contributed by atoms with Gasteiger partial charge in [-0.3, -0.25) is 4.79 Å². The summed E-state index contributed by atoms with van der Waals surface area (Å²) >= 11 is 0. The lowest BCUT2D eigenvalue weighted by Crippen LogP contribution is -1.97. The van der Waals surface area contributed by atoms with Crippen LogP contribution >= 0.6 is 0 Å². The van der Waals surface area contributed by atoms with Crippen molar-refractivity contribution in [3.63, 3.8) is 0 Å². The highest BCUT2D eigenvalue weighted by Crippen LogP contribution is 2.15. The summed E-state index contributed by atoms with van der Waals surface area (Å²) in [7, 11) is 0. The Labute approximate surface area is 98.7 Å². The van der Waals surface area contributed by atoms with E-state index in [2.05, 4.69) is 0 Å². The maximum absolute atomic E-state index is 12.7. The number of Topliss-reactive ketones (excluding diaryl/α,β-unsaturated/α-hetero) is 1. The molecular formula is C13H13FN2O. The third kappa shape index (κ3) is 2.53. The highest BCUT2D eigenvalue weighted by Gasteiger charge is 2.08. The topological polar surface area (TPSA) is 48.0 Å². The first-order valence-corrected chi connectivity index (χ1v) is 5.27. The molecule has 0 aliphatic heterocycles. The van der Waals surface area contributed by atoms with Crippen LogP contribution in [0.2, 0.25) is 0 Å². The zero-order valence-electron chi connectivity index (χ0n) is 9.48. The molecule has 0 radical (unpaired) electrons. The van der Waals surface area contributed by atoms with E-state index in [9.17, 15) is 9.18 Å². The number of rotatable bonds is 3. The molecule has 0 aliphatic rings. The second-order valence-electron chi connectivity index (χ2n) is 3.98. The maximum Gasteiger partial charge on any atom is 0.163 e. The highest BCUT2D eigenvalue weighted by molar-refractivity contribution is 5.98. The van der Waals surface area contributed by atoms with Crippen LogP contribution < -0.4 is 5.73 Å². The summed E-state index contributed by atoms with van der Waals surface area (Å²) < 4.78 is 14.5. The molecule has 0 atom stereocenters. The molecule has 17 heavy (non-hydrogen) atoms. The molecule has 0 amide bonds. The van der Waals surface area contributed by atoms with E-state index in [1.54, 1.807) is 24.5 Å². The smallest absolute Gasteiger partial charge is 0.163 e. The monoisotopic (exact) mass is 232 g/mol. The number of hydrogen-bond acceptors (Lipinski definition) is 2. The molecule has 0 saturated carbocycles. The summed E-state index contributed by atoms with van der Waals surface area (Å²) in [4.78, 5) is 11.2. The number of hydrogen-bond donors (Lipinski definition) is 1. The molecule has 4 heteroatoms. The van der Waals surface area contributed by atoms with Crippen LogP contribution in [0.3, 0.4) is 0 Å². The molecular weight excluding hydrogens is 219 g/mol. The minimum Gasteiger partial charge on any atom is -0.397 e. The van der Waals surface area contributed by atoms with Crippen molar-refractivity contribution in [2.45, 2.75) is 13.5 Å². The Hall–Kier alpha value is -2.10. The number of carbonyl (C=O) groups is 1. The SMILES string of the molecule is CC(=O)c1cn(Cc2ccc(F)cc2)cc1N. The van der Waals surface area contributed by atoms with Gasteiger partial charge in [0.15, 0.2) is 5.78 Å². The van der Waals surface area contributed by atoms with Crippen molar-refractivity contribution in [3.8, 4) is 0 Å². The Balaban J connectivity index is 2.22. The average Bonchev–Trinajstić information content (AvgIpc) is 2.63. The Morgan fingerprint density at radius 2 is 1.94 bits per heavy atom. The van der Waals surface area contributed by atoms with Crippen molar-refractivity contribution in [1.82, 2.24) is 4.57 Å². The second-order valence-corrected chi connectivity index (χ2v) is 3.98. The molecule has 0 saturated heterocycles. The van der Waals surface area contributed by atoms with E-state index in [-0.39, 0.29) is 11.6 Å². The summed E-state index contributed by atoms with van der Waals surface area (Å²) in [6, 6.07) is 6.24. The van der Waals surface area contributed by atoms with Gasteiger partial charge in [0.25, 0.3) is 0 Å². The number of carbonyl (C=O) groups excluding carboxylic acids is 1. The summed E-state index contributed by atoms with van der Waals surface area (Å²) in [6.45, 7) is 2.05. The number of nitrogens with two attached hydrogens (primary N) is 1. The van der Waals surface area contributed by atoms with Crippen LogP contribution in [0.1, 0.15) is 22.8 Å². The van der Waals surface area contributed by atoms with E-state index < -0.39 is 0 Å². The number of halogens is 1. The van der Waals surface area contributed by atoms with Crippen molar-refractivity contribution in [2.75, 3.05) is 5.73 Å². The summed E-state index contributed by atoms with van der Waals surface area (Å²) in [6.07, 6.45) is 3.42. The molecule has 0 spiro atoms. The minimum atomic E-state index is -0.259. The normalized spacial score (nSPS) is 10.5. The van der Waals surface area contributed by atoms with Gasteiger partial charge in [-0.25, -0.2) is 4.39 Å². The highest BCUT2D eigenvalue weighted by atomic mass is 19.1. The Kier molecular flexibility index (Phi) is 2.95. The van der Waals surface area contributed by atoms with Gasteiger partial charge in [0.05, 0.1) is 11.3 Å². The molecule has 2 aromatic rings. The zero-order valence-corrected chi connectivity index (χ0v) is 9.48. The standard InChI is InChI=1S/C13H13FN2O/c1-9(17)12-7-16(8-13(12)15)6-10-2-4-11(14)5-3-10/h2-5,7-8H,6,15H2,1H3. The number of anilines is 1. The summed E-state index contributed by atoms with van der Waals surface area (Å²) in [5.41, 5.74) is 7.67. The van der Waals surface area contributed by atoms with Crippen LogP contribution in [0.25, 0.3) is 0 Å². The molecule has 0 bridgehead atoms. The maximum atomic E-state index is 12.7. The molecule has 2 N–H and O–H groups in total. The van der Waals surface area contributed by atoms with Gasteiger partial charge in [0, 0.05) is 18.9 Å². The van der Waals surface area contributed by atoms with Crippen molar-refractivity contribution < 1.29 is 9.18 Å². The minimum absolute atomic E-state index is 0.0552. The van der Waals surface area contributed by atoms with Crippen LogP contribution in [0.15, 0.2) is 36.7 Å². The predicted molar refractivity (Wildman–Crippen MR) is 64.4 cm³/mol. The quantitative estimate of drug-likeness (QED) is 0.826.